The largest absolute Gasteiger partial charge is 0.317 e. The molecule has 0 aromatic heterocycles. The van der Waals surface area contributed by atoms with Crippen LogP contribution in [0, 0.1) is 5.92 Å². The summed E-state index contributed by atoms with van der Waals surface area (Å²) < 4.78 is 0. The minimum atomic E-state index is 0.377. The molecule has 1 saturated heterocycles. The van der Waals surface area contributed by atoms with Crippen molar-refractivity contribution in [2.24, 2.45) is 5.92 Å². The monoisotopic (exact) mass is 201 g/mol. The molecule has 0 saturated carbocycles. The van der Waals surface area contributed by atoms with Crippen LogP contribution < -0.4 is 5.32 Å². The van der Waals surface area contributed by atoms with Crippen LogP contribution in [0.15, 0.2) is 0 Å². The van der Waals surface area contributed by atoms with Crippen molar-refractivity contribution in [3.8, 4) is 0 Å². The van der Waals surface area contributed by atoms with Crippen LogP contribution in [0.25, 0.3) is 0 Å². The Balaban J connectivity index is 2.18. The summed E-state index contributed by atoms with van der Waals surface area (Å²) >= 11 is 1.49. The first-order chi connectivity index (χ1) is 6.18. The van der Waals surface area contributed by atoms with E-state index in [4.69, 9.17) is 0 Å². The van der Waals surface area contributed by atoms with Crippen LogP contribution in [-0.4, -0.2) is 23.5 Å². The number of nitrogens with one attached hydrogen (secondary N) is 1. The van der Waals surface area contributed by atoms with E-state index in [1.165, 1.54) is 24.6 Å². The van der Waals surface area contributed by atoms with Gasteiger partial charge in [0, 0.05) is 11.7 Å². The molecule has 1 heterocycles. The van der Waals surface area contributed by atoms with Crippen LogP contribution in [0.2, 0.25) is 0 Å². The van der Waals surface area contributed by atoms with Gasteiger partial charge in [0.15, 0.2) is 5.12 Å². The predicted octanol–water partition coefficient (Wildman–Crippen LogP) is 2.04. The van der Waals surface area contributed by atoms with Crippen molar-refractivity contribution in [1.29, 1.82) is 0 Å². The maximum absolute atomic E-state index is 11.5. The summed E-state index contributed by atoms with van der Waals surface area (Å²) in [5.41, 5.74) is 0. The molecule has 1 rings (SSSR count). The molecular weight excluding hydrogens is 182 g/mol. The second-order valence-corrected chi connectivity index (χ2v) is 5.57. The molecule has 1 N–H and O–H groups in total. The van der Waals surface area contributed by atoms with Gasteiger partial charge >= 0.3 is 0 Å². The molecule has 0 bridgehead atoms. The molecule has 1 aliphatic heterocycles. The third-order valence-electron chi connectivity index (χ3n) is 2.28. The lowest BCUT2D eigenvalue weighted by Gasteiger charge is -2.21. The van der Waals surface area contributed by atoms with Crippen molar-refractivity contribution in [2.75, 3.05) is 13.1 Å². The lowest BCUT2D eigenvalue weighted by Crippen LogP contribution is -2.28. The van der Waals surface area contributed by atoms with Gasteiger partial charge in [-0.15, -0.1) is 0 Å². The molecule has 2 nitrogen and oxygen atoms in total. The lowest BCUT2D eigenvalue weighted by molar-refractivity contribution is -0.111. The van der Waals surface area contributed by atoms with Crippen LogP contribution >= 0.6 is 11.8 Å². The molecule has 13 heavy (non-hydrogen) atoms. The Morgan fingerprint density at radius 1 is 1.46 bits per heavy atom. The summed E-state index contributed by atoms with van der Waals surface area (Å²) in [6, 6.07) is 0. The third kappa shape index (κ3) is 4.67. The van der Waals surface area contributed by atoms with Gasteiger partial charge in [0.05, 0.1) is 0 Å². The minimum absolute atomic E-state index is 0.377. The average molecular weight is 201 g/mol. The fraction of sp³-hybridized carbons (Fsp3) is 0.900. The van der Waals surface area contributed by atoms with E-state index in [1.54, 1.807) is 0 Å². The zero-order chi connectivity index (χ0) is 9.68. The van der Waals surface area contributed by atoms with Crippen molar-refractivity contribution in [3.63, 3.8) is 0 Å². The topological polar surface area (TPSA) is 29.1 Å². The second-order valence-electron chi connectivity index (χ2n) is 3.94. The van der Waals surface area contributed by atoms with Gasteiger partial charge in [-0.05, 0) is 31.8 Å². The summed E-state index contributed by atoms with van der Waals surface area (Å²) in [6.07, 6.45) is 3.12. The van der Waals surface area contributed by atoms with Crippen LogP contribution in [0.5, 0.6) is 0 Å². The second kappa shape index (κ2) is 5.66. The van der Waals surface area contributed by atoms with Gasteiger partial charge in [-0.2, -0.15) is 0 Å². The van der Waals surface area contributed by atoms with Gasteiger partial charge in [-0.1, -0.05) is 25.6 Å². The standard InChI is InChI=1S/C10H19NOS/c1-8(2)13-10(12)7-9-3-5-11-6-4-9/h8-9,11H,3-7H2,1-2H3. The number of hydrogen-bond donors (Lipinski definition) is 1. The van der Waals surface area contributed by atoms with Crippen LogP contribution in [-0.2, 0) is 4.79 Å². The highest BCUT2D eigenvalue weighted by Crippen LogP contribution is 2.21. The predicted molar refractivity (Wildman–Crippen MR) is 57.9 cm³/mol. The number of hydrogen-bond acceptors (Lipinski definition) is 3. The highest BCUT2D eigenvalue weighted by Gasteiger charge is 2.17. The molecule has 0 amide bonds. The highest BCUT2D eigenvalue weighted by molar-refractivity contribution is 8.14. The van der Waals surface area contributed by atoms with Gasteiger partial charge in [0.25, 0.3) is 0 Å². The van der Waals surface area contributed by atoms with Crippen LogP contribution in [0.1, 0.15) is 33.1 Å². The van der Waals surface area contributed by atoms with E-state index in [-0.39, 0.29) is 0 Å². The lowest BCUT2D eigenvalue weighted by atomic mass is 9.95. The molecule has 0 aromatic carbocycles. The fourth-order valence-corrected chi connectivity index (χ4v) is 2.49. The Morgan fingerprint density at radius 3 is 2.62 bits per heavy atom. The SMILES string of the molecule is CC(C)SC(=O)CC1CCNCC1. The molecular formula is C10H19NOS. The quantitative estimate of drug-likeness (QED) is 0.757. The number of piperidine rings is 1. The zero-order valence-corrected chi connectivity index (χ0v) is 9.32. The van der Waals surface area contributed by atoms with Crippen molar-refractivity contribution in [1.82, 2.24) is 5.32 Å². The molecule has 0 aromatic rings. The van der Waals surface area contributed by atoms with Crippen molar-refractivity contribution in [2.45, 2.75) is 38.4 Å². The van der Waals surface area contributed by atoms with Gasteiger partial charge in [0.2, 0.25) is 0 Å². The smallest absolute Gasteiger partial charge is 0.189 e. The first kappa shape index (κ1) is 11.1. The average Bonchev–Trinajstić information content (AvgIpc) is 2.04. The summed E-state index contributed by atoms with van der Waals surface area (Å²) in [5.74, 6) is 0.639. The Bertz CT molecular complexity index is 164. The Morgan fingerprint density at radius 2 is 2.08 bits per heavy atom. The molecule has 0 spiro atoms. The molecule has 0 radical (unpaired) electrons. The van der Waals surface area contributed by atoms with Crippen LogP contribution in [0.4, 0.5) is 0 Å². The molecule has 1 aliphatic rings. The minimum Gasteiger partial charge on any atom is -0.317 e. The van der Waals surface area contributed by atoms with E-state index in [1.807, 2.05) is 0 Å². The normalized spacial score (nSPS) is 19.3. The zero-order valence-electron chi connectivity index (χ0n) is 8.51. The molecule has 0 unspecified atom stereocenters. The Kier molecular flexibility index (Phi) is 4.81. The van der Waals surface area contributed by atoms with Gasteiger partial charge < -0.3 is 5.32 Å². The van der Waals surface area contributed by atoms with E-state index >= 15 is 0 Å². The first-order valence-corrected chi connectivity index (χ1v) is 5.96. The van der Waals surface area contributed by atoms with E-state index in [2.05, 4.69) is 19.2 Å². The van der Waals surface area contributed by atoms with Crippen molar-refractivity contribution >= 4 is 16.9 Å². The molecule has 0 atom stereocenters. The number of rotatable bonds is 3. The first-order valence-electron chi connectivity index (χ1n) is 5.08. The maximum atomic E-state index is 11.5. The van der Waals surface area contributed by atoms with E-state index in [0.717, 1.165) is 19.5 Å². The molecule has 76 valence electrons. The number of carbonyl (C=O) groups is 1. The summed E-state index contributed by atoms with van der Waals surface area (Å²) in [4.78, 5) is 11.5. The van der Waals surface area contributed by atoms with Gasteiger partial charge in [-0.3, -0.25) is 4.79 Å². The summed E-state index contributed by atoms with van der Waals surface area (Å²) in [6.45, 7) is 6.32. The molecule has 1 fully saturated rings. The summed E-state index contributed by atoms with van der Waals surface area (Å²) in [5, 5.41) is 4.13. The van der Waals surface area contributed by atoms with Gasteiger partial charge in [0.1, 0.15) is 0 Å². The molecule has 0 aliphatic carbocycles. The van der Waals surface area contributed by atoms with Gasteiger partial charge in [-0.25, -0.2) is 0 Å². The number of thioether (sulfide) groups is 1. The highest BCUT2D eigenvalue weighted by atomic mass is 32.2. The third-order valence-corrected chi connectivity index (χ3v) is 3.18. The van der Waals surface area contributed by atoms with Crippen molar-refractivity contribution in [3.05, 3.63) is 0 Å². The Labute approximate surface area is 84.9 Å². The number of carbonyl (C=O) groups excluding carboxylic acids is 1. The van der Waals surface area contributed by atoms with E-state index in [0.29, 0.717) is 16.3 Å². The van der Waals surface area contributed by atoms with E-state index < -0.39 is 0 Å². The summed E-state index contributed by atoms with van der Waals surface area (Å²) in [7, 11) is 0. The maximum Gasteiger partial charge on any atom is 0.189 e. The molecule has 3 heteroatoms. The van der Waals surface area contributed by atoms with Crippen LogP contribution in [0.3, 0.4) is 0 Å². The fourth-order valence-electron chi connectivity index (χ4n) is 1.63. The Hall–Kier alpha value is -0.0200. The van der Waals surface area contributed by atoms with E-state index in [9.17, 15) is 4.79 Å². The van der Waals surface area contributed by atoms with Crippen molar-refractivity contribution < 1.29 is 4.79 Å².